The van der Waals surface area contributed by atoms with Crippen molar-refractivity contribution in [3.05, 3.63) is 35.9 Å². The summed E-state index contributed by atoms with van der Waals surface area (Å²) in [6.45, 7) is 2.25. The molecule has 0 bridgehead atoms. The Balaban J connectivity index is 1.94. The molecule has 1 aliphatic heterocycles. The number of aliphatic carboxylic acids is 1. The van der Waals surface area contributed by atoms with Crippen LogP contribution in [0.15, 0.2) is 30.3 Å². The number of carboxylic acid groups (broad SMARTS) is 1. The first-order valence-corrected chi connectivity index (χ1v) is 7.79. The molecule has 1 atom stereocenters. The average molecular weight is 303 g/mol. The topological polar surface area (TPSA) is 66.8 Å². The van der Waals surface area contributed by atoms with Crippen LogP contribution in [0.25, 0.3) is 0 Å². The zero-order chi connectivity index (χ0) is 15.7. The van der Waals surface area contributed by atoms with Gasteiger partial charge in [-0.2, -0.15) is 0 Å². The molecule has 1 spiro atoms. The SMILES string of the molecule is CC1CCC2(CC1)OC[C@H](C(=O)O)N2C(=O)c1ccccc1. The van der Waals surface area contributed by atoms with Crippen LogP contribution in [0.1, 0.15) is 43.0 Å². The van der Waals surface area contributed by atoms with Crippen molar-refractivity contribution in [2.45, 2.75) is 44.4 Å². The van der Waals surface area contributed by atoms with Crippen molar-refractivity contribution in [2.75, 3.05) is 6.61 Å². The third kappa shape index (κ3) is 2.50. The molecular weight excluding hydrogens is 282 g/mol. The lowest BCUT2D eigenvalue weighted by molar-refractivity contribution is -0.143. The highest BCUT2D eigenvalue weighted by Crippen LogP contribution is 2.42. The smallest absolute Gasteiger partial charge is 0.328 e. The van der Waals surface area contributed by atoms with Crippen LogP contribution in [0, 0.1) is 5.92 Å². The van der Waals surface area contributed by atoms with E-state index in [1.165, 1.54) is 4.90 Å². The highest BCUT2D eigenvalue weighted by Gasteiger charge is 2.53. The van der Waals surface area contributed by atoms with Gasteiger partial charge in [-0.15, -0.1) is 0 Å². The number of hydrogen-bond donors (Lipinski definition) is 1. The molecule has 1 saturated carbocycles. The van der Waals surface area contributed by atoms with E-state index in [0.717, 1.165) is 12.8 Å². The Hall–Kier alpha value is -1.88. The number of hydrogen-bond acceptors (Lipinski definition) is 3. The highest BCUT2D eigenvalue weighted by molar-refractivity contribution is 5.97. The van der Waals surface area contributed by atoms with Gasteiger partial charge in [0.05, 0.1) is 6.61 Å². The molecule has 1 aromatic carbocycles. The van der Waals surface area contributed by atoms with Crippen LogP contribution in [-0.4, -0.2) is 40.3 Å². The standard InChI is InChI=1S/C17H21NO4/c1-12-7-9-17(10-8-12)18(14(11-22-17)16(20)21)15(19)13-5-3-2-4-6-13/h2-6,12,14H,7-11H2,1H3,(H,20,21)/t12?,14-,17?/m1/s1. The minimum Gasteiger partial charge on any atom is -0.480 e. The summed E-state index contributed by atoms with van der Waals surface area (Å²) < 4.78 is 5.88. The zero-order valence-electron chi connectivity index (χ0n) is 12.7. The highest BCUT2D eigenvalue weighted by atomic mass is 16.5. The number of carbonyl (C=O) groups excluding carboxylic acids is 1. The normalized spacial score (nSPS) is 31.4. The van der Waals surface area contributed by atoms with Crippen molar-refractivity contribution in [1.29, 1.82) is 0 Å². The first-order chi connectivity index (χ1) is 10.5. The van der Waals surface area contributed by atoms with Crippen molar-refractivity contribution in [3.63, 3.8) is 0 Å². The van der Waals surface area contributed by atoms with E-state index < -0.39 is 17.7 Å². The molecule has 5 nitrogen and oxygen atoms in total. The van der Waals surface area contributed by atoms with Crippen LogP contribution in [0.4, 0.5) is 0 Å². The van der Waals surface area contributed by atoms with Gasteiger partial charge < -0.3 is 9.84 Å². The fourth-order valence-corrected chi connectivity index (χ4v) is 3.49. The molecule has 0 unspecified atom stereocenters. The van der Waals surface area contributed by atoms with Crippen molar-refractivity contribution >= 4 is 11.9 Å². The first kappa shape index (κ1) is 15.0. The molecule has 22 heavy (non-hydrogen) atoms. The van der Waals surface area contributed by atoms with Gasteiger partial charge in [-0.05, 0) is 43.7 Å². The Morgan fingerprint density at radius 3 is 2.45 bits per heavy atom. The van der Waals surface area contributed by atoms with E-state index in [4.69, 9.17) is 4.74 Å². The number of ether oxygens (including phenoxy) is 1. The lowest BCUT2D eigenvalue weighted by atomic mass is 9.83. The fourth-order valence-electron chi connectivity index (χ4n) is 3.49. The van der Waals surface area contributed by atoms with Gasteiger partial charge in [-0.25, -0.2) is 4.79 Å². The zero-order valence-corrected chi connectivity index (χ0v) is 12.7. The minimum atomic E-state index is -1.00. The maximum atomic E-state index is 12.9. The predicted molar refractivity (Wildman–Crippen MR) is 80.4 cm³/mol. The predicted octanol–water partition coefficient (Wildman–Crippen LogP) is 2.52. The number of benzene rings is 1. The van der Waals surface area contributed by atoms with E-state index in [1.54, 1.807) is 24.3 Å². The Bertz CT molecular complexity index is 563. The van der Waals surface area contributed by atoms with Gasteiger partial charge in [0.1, 0.15) is 5.72 Å². The lowest BCUT2D eigenvalue weighted by Gasteiger charge is -2.42. The largest absolute Gasteiger partial charge is 0.480 e. The van der Waals surface area contributed by atoms with Crippen LogP contribution in [0.2, 0.25) is 0 Å². The third-order valence-electron chi connectivity index (χ3n) is 4.84. The molecule has 5 heteroatoms. The van der Waals surface area contributed by atoms with Crippen LogP contribution >= 0.6 is 0 Å². The van der Waals surface area contributed by atoms with E-state index in [0.29, 0.717) is 24.3 Å². The van der Waals surface area contributed by atoms with E-state index in [9.17, 15) is 14.7 Å². The van der Waals surface area contributed by atoms with Gasteiger partial charge >= 0.3 is 5.97 Å². The fraction of sp³-hybridized carbons (Fsp3) is 0.529. The van der Waals surface area contributed by atoms with Crippen molar-refractivity contribution in [2.24, 2.45) is 5.92 Å². The number of amides is 1. The van der Waals surface area contributed by atoms with Gasteiger partial charge in [-0.3, -0.25) is 9.69 Å². The molecule has 1 heterocycles. The number of carboxylic acids is 1. The van der Waals surface area contributed by atoms with E-state index in [1.807, 2.05) is 6.07 Å². The maximum absolute atomic E-state index is 12.9. The minimum absolute atomic E-state index is 0.0717. The average Bonchev–Trinajstić information content (AvgIpc) is 2.90. The number of carbonyl (C=O) groups is 2. The summed E-state index contributed by atoms with van der Waals surface area (Å²) in [5, 5.41) is 9.47. The maximum Gasteiger partial charge on any atom is 0.328 e. The molecular formula is C17H21NO4. The quantitative estimate of drug-likeness (QED) is 0.911. The second-order valence-corrected chi connectivity index (χ2v) is 6.33. The molecule has 1 aromatic rings. The van der Waals surface area contributed by atoms with Gasteiger partial charge in [0.2, 0.25) is 0 Å². The molecule has 2 fully saturated rings. The molecule has 1 N–H and O–H groups in total. The first-order valence-electron chi connectivity index (χ1n) is 7.79. The number of rotatable bonds is 2. The molecule has 118 valence electrons. The second-order valence-electron chi connectivity index (χ2n) is 6.33. The van der Waals surface area contributed by atoms with Gasteiger partial charge in [-0.1, -0.05) is 25.1 Å². The summed E-state index contributed by atoms with van der Waals surface area (Å²) >= 11 is 0. The summed E-state index contributed by atoms with van der Waals surface area (Å²) in [6.07, 6.45) is 3.31. The van der Waals surface area contributed by atoms with Crippen molar-refractivity contribution in [1.82, 2.24) is 4.90 Å². The van der Waals surface area contributed by atoms with Gasteiger partial charge in [0.15, 0.2) is 6.04 Å². The summed E-state index contributed by atoms with van der Waals surface area (Å²) in [6, 6.07) is 7.95. The summed E-state index contributed by atoms with van der Waals surface area (Å²) in [5.41, 5.74) is -0.236. The Morgan fingerprint density at radius 2 is 1.86 bits per heavy atom. The molecule has 3 rings (SSSR count). The Kier molecular flexibility index (Phi) is 3.91. The van der Waals surface area contributed by atoms with Crippen LogP contribution in [-0.2, 0) is 9.53 Å². The summed E-state index contributed by atoms with van der Waals surface area (Å²) in [7, 11) is 0. The van der Waals surface area contributed by atoms with Crippen molar-refractivity contribution < 1.29 is 19.4 Å². The second kappa shape index (κ2) is 5.72. The van der Waals surface area contributed by atoms with E-state index in [-0.39, 0.29) is 12.5 Å². The summed E-state index contributed by atoms with van der Waals surface area (Å²) in [5.74, 6) is -0.661. The van der Waals surface area contributed by atoms with E-state index in [2.05, 4.69) is 6.92 Å². The molecule has 1 amide bonds. The molecule has 0 radical (unpaired) electrons. The monoisotopic (exact) mass is 303 g/mol. The van der Waals surface area contributed by atoms with Crippen molar-refractivity contribution in [3.8, 4) is 0 Å². The van der Waals surface area contributed by atoms with Gasteiger partial charge in [0.25, 0.3) is 5.91 Å². The summed E-state index contributed by atoms with van der Waals surface area (Å²) in [4.78, 5) is 25.9. The lowest BCUT2D eigenvalue weighted by Crippen LogP contribution is -2.55. The molecule has 1 saturated heterocycles. The van der Waals surface area contributed by atoms with Crippen LogP contribution < -0.4 is 0 Å². The Morgan fingerprint density at radius 1 is 1.23 bits per heavy atom. The third-order valence-corrected chi connectivity index (χ3v) is 4.84. The number of nitrogens with zero attached hydrogens (tertiary/aromatic N) is 1. The van der Waals surface area contributed by atoms with Gasteiger partial charge in [0, 0.05) is 5.56 Å². The van der Waals surface area contributed by atoms with E-state index >= 15 is 0 Å². The van der Waals surface area contributed by atoms with Crippen LogP contribution in [0.5, 0.6) is 0 Å². The molecule has 2 aliphatic rings. The molecule has 1 aliphatic carbocycles. The van der Waals surface area contributed by atoms with Crippen LogP contribution in [0.3, 0.4) is 0 Å². The Labute approximate surface area is 129 Å². The molecule has 0 aromatic heterocycles.